The standard InChI is InChI=1S/C31H22BrClO3S2/c1-3-13-36-23-12-11-21(32)26-28(34)19-10-9-16(14-25(19)38-31(23)26)20-15-22(33)27-29(35)18-7-5-6-8-24(18)37-30(27)17(20)4-2/h5-12,14-15H,3-4,13H2,1-2H3. The lowest BCUT2D eigenvalue weighted by atomic mass is 9.95. The Morgan fingerprint density at radius 2 is 1.58 bits per heavy atom. The topological polar surface area (TPSA) is 43.4 Å². The fourth-order valence-corrected chi connectivity index (χ4v) is 8.49. The molecule has 0 aliphatic rings. The lowest BCUT2D eigenvalue weighted by Gasteiger charge is -2.15. The minimum atomic E-state index is -0.0333. The van der Waals surface area contributed by atoms with Crippen LogP contribution in [0.2, 0.25) is 5.02 Å². The van der Waals surface area contributed by atoms with Gasteiger partial charge in [-0.05, 0) is 87.9 Å². The Morgan fingerprint density at radius 1 is 0.842 bits per heavy atom. The lowest BCUT2D eigenvalue weighted by molar-refractivity contribution is 0.321. The van der Waals surface area contributed by atoms with Crippen molar-refractivity contribution in [3.05, 3.63) is 96.2 Å². The first kappa shape index (κ1) is 25.5. The van der Waals surface area contributed by atoms with Gasteiger partial charge in [0.05, 0.1) is 27.1 Å². The minimum absolute atomic E-state index is 0.0222. The summed E-state index contributed by atoms with van der Waals surface area (Å²) in [6.45, 7) is 4.74. The summed E-state index contributed by atoms with van der Waals surface area (Å²) in [6, 6.07) is 19.3. The highest BCUT2D eigenvalue weighted by atomic mass is 79.9. The van der Waals surface area contributed by atoms with Gasteiger partial charge in [0.2, 0.25) is 0 Å². The van der Waals surface area contributed by atoms with E-state index in [0.717, 1.165) is 58.6 Å². The second kappa shape index (κ2) is 10.1. The first-order valence-corrected chi connectivity index (χ1v) is 15.2. The van der Waals surface area contributed by atoms with E-state index in [1.807, 2.05) is 54.6 Å². The van der Waals surface area contributed by atoms with E-state index < -0.39 is 0 Å². The molecule has 0 aliphatic carbocycles. The molecule has 0 amide bonds. The highest BCUT2D eigenvalue weighted by Crippen LogP contribution is 2.41. The molecule has 7 heteroatoms. The van der Waals surface area contributed by atoms with Crippen molar-refractivity contribution in [2.24, 2.45) is 0 Å². The van der Waals surface area contributed by atoms with E-state index in [4.69, 9.17) is 16.3 Å². The predicted octanol–water partition coefficient (Wildman–Crippen LogP) is 9.58. The van der Waals surface area contributed by atoms with Gasteiger partial charge in [0.15, 0.2) is 10.9 Å². The number of ether oxygens (including phenoxy) is 1. The Hall–Kier alpha value is -2.77. The molecule has 0 saturated heterocycles. The van der Waals surface area contributed by atoms with Crippen LogP contribution in [0.5, 0.6) is 5.75 Å². The largest absolute Gasteiger partial charge is 0.492 e. The quantitative estimate of drug-likeness (QED) is 0.180. The number of rotatable bonds is 5. The van der Waals surface area contributed by atoms with Crippen LogP contribution < -0.4 is 15.6 Å². The minimum Gasteiger partial charge on any atom is -0.492 e. The second-order valence-electron chi connectivity index (χ2n) is 9.11. The fourth-order valence-electron chi connectivity index (χ4n) is 4.97. The number of hydrogen-bond acceptors (Lipinski definition) is 5. The van der Waals surface area contributed by atoms with Gasteiger partial charge in [-0.15, -0.1) is 22.7 Å². The Kier molecular flexibility index (Phi) is 6.77. The molecule has 0 saturated carbocycles. The molecule has 0 atom stereocenters. The maximum Gasteiger partial charge on any atom is 0.197 e. The average molecular weight is 622 g/mol. The first-order chi connectivity index (χ1) is 18.4. The molecule has 0 N–H and O–H groups in total. The van der Waals surface area contributed by atoms with Gasteiger partial charge < -0.3 is 4.74 Å². The van der Waals surface area contributed by atoms with Crippen LogP contribution >= 0.6 is 50.2 Å². The number of aryl methyl sites for hydroxylation is 1. The van der Waals surface area contributed by atoms with Gasteiger partial charge in [-0.1, -0.05) is 43.6 Å². The van der Waals surface area contributed by atoms with Crippen LogP contribution in [0.3, 0.4) is 0 Å². The van der Waals surface area contributed by atoms with Crippen molar-refractivity contribution in [3.63, 3.8) is 0 Å². The third kappa shape index (κ3) is 4.06. The molecular weight excluding hydrogens is 600 g/mol. The van der Waals surface area contributed by atoms with E-state index >= 15 is 0 Å². The van der Waals surface area contributed by atoms with E-state index in [2.05, 4.69) is 35.8 Å². The fraction of sp³-hybridized carbons (Fsp3) is 0.161. The van der Waals surface area contributed by atoms with Crippen LogP contribution in [0, 0.1) is 0 Å². The summed E-state index contributed by atoms with van der Waals surface area (Å²) in [4.78, 5) is 26.9. The zero-order valence-corrected chi connectivity index (χ0v) is 24.7. The summed E-state index contributed by atoms with van der Waals surface area (Å²) >= 11 is 13.5. The average Bonchev–Trinajstić information content (AvgIpc) is 2.92. The van der Waals surface area contributed by atoms with Gasteiger partial charge in [-0.2, -0.15) is 0 Å². The van der Waals surface area contributed by atoms with E-state index in [0.29, 0.717) is 33.2 Å². The highest BCUT2D eigenvalue weighted by molar-refractivity contribution is 9.10. The van der Waals surface area contributed by atoms with Crippen LogP contribution in [0.4, 0.5) is 0 Å². The van der Waals surface area contributed by atoms with Crippen molar-refractivity contribution in [3.8, 4) is 16.9 Å². The molecule has 0 radical (unpaired) electrons. The summed E-state index contributed by atoms with van der Waals surface area (Å²) in [7, 11) is 0. The summed E-state index contributed by atoms with van der Waals surface area (Å²) < 4.78 is 10.3. The third-order valence-electron chi connectivity index (χ3n) is 6.77. The Balaban J connectivity index is 1.64. The van der Waals surface area contributed by atoms with E-state index in [1.165, 1.54) is 0 Å². The first-order valence-electron chi connectivity index (χ1n) is 12.4. The van der Waals surface area contributed by atoms with Crippen LogP contribution in [0.1, 0.15) is 25.8 Å². The summed E-state index contributed by atoms with van der Waals surface area (Å²) in [5, 5.41) is 3.03. The van der Waals surface area contributed by atoms with Gasteiger partial charge in [-0.3, -0.25) is 9.59 Å². The predicted molar refractivity (Wildman–Crippen MR) is 168 cm³/mol. The van der Waals surface area contributed by atoms with Crippen molar-refractivity contribution < 1.29 is 4.74 Å². The maximum atomic E-state index is 13.6. The van der Waals surface area contributed by atoms with E-state index in [1.54, 1.807) is 22.7 Å². The molecule has 6 aromatic rings. The third-order valence-corrected chi connectivity index (χ3v) is 10.1. The monoisotopic (exact) mass is 620 g/mol. The van der Waals surface area contributed by atoms with E-state index in [9.17, 15) is 9.59 Å². The molecule has 0 spiro atoms. The molecule has 2 aromatic heterocycles. The van der Waals surface area contributed by atoms with Crippen LogP contribution in [-0.4, -0.2) is 6.61 Å². The number of hydrogen-bond donors (Lipinski definition) is 0. The van der Waals surface area contributed by atoms with Gasteiger partial charge >= 0.3 is 0 Å². The van der Waals surface area contributed by atoms with Crippen LogP contribution in [0.25, 0.3) is 51.5 Å². The van der Waals surface area contributed by atoms with Crippen LogP contribution in [0.15, 0.2) is 74.7 Å². The maximum absolute atomic E-state index is 13.6. The zero-order chi connectivity index (χ0) is 26.6. The molecule has 0 unspecified atom stereocenters. The van der Waals surface area contributed by atoms with Gasteiger partial charge in [-0.25, -0.2) is 0 Å². The zero-order valence-electron chi connectivity index (χ0n) is 20.7. The molecule has 0 bridgehead atoms. The lowest BCUT2D eigenvalue weighted by Crippen LogP contribution is -2.05. The summed E-state index contributed by atoms with van der Waals surface area (Å²) in [6.07, 6.45) is 1.62. The van der Waals surface area contributed by atoms with Gasteiger partial charge in [0.25, 0.3) is 0 Å². The van der Waals surface area contributed by atoms with Crippen molar-refractivity contribution in [2.45, 2.75) is 26.7 Å². The summed E-state index contributed by atoms with van der Waals surface area (Å²) in [5.41, 5.74) is 2.97. The molecule has 3 nitrogen and oxygen atoms in total. The SMILES string of the molecule is CCCOc1ccc(Br)c2c(=O)c3ccc(-c4cc(Cl)c5c(=O)c6ccccc6sc5c4CC)cc3sc12. The highest BCUT2D eigenvalue weighted by Gasteiger charge is 2.19. The van der Waals surface area contributed by atoms with Crippen molar-refractivity contribution in [2.75, 3.05) is 6.61 Å². The van der Waals surface area contributed by atoms with Crippen molar-refractivity contribution in [1.29, 1.82) is 0 Å². The van der Waals surface area contributed by atoms with Crippen LogP contribution in [-0.2, 0) is 6.42 Å². The van der Waals surface area contributed by atoms with Gasteiger partial charge in [0.1, 0.15) is 5.75 Å². The molecule has 38 heavy (non-hydrogen) atoms. The molecule has 2 heterocycles. The normalized spacial score (nSPS) is 11.7. The number of halogens is 2. The molecule has 4 aromatic carbocycles. The Morgan fingerprint density at radius 3 is 2.37 bits per heavy atom. The Labute approximate surface area is 240 Å². The van der Waals surface area contributed by atoms with Crippen molar-refractivity contribution >= 4 is 90.5 Å². The number of fused-ring (bicyclic) bond motifs is 4. The molecule has 190 valence electrons. The second-order valence-corrected chi connectivity index (χ2v) is 12.5. The molecule has 0 fully saturated rings. The Bertz CT molecular complexity index is 2030. The smallest absolute Gasteiger partial charge is 0.197 e. The summed E-state index contributed by atoms with van der Waals surface area (Å²) in [5.74, 6) is 0.721. The van der Waals surface area contributed by atoms with E-state index in [-0.39, 0.29) is 10.9 Å². The van der Waals surface area contributed by atoms with Gasteiger partial charge in [0, 0.05) is 29.3 Å². The molecule has 0 aliphatic heterocycles. The van der Waals surface area contributed by atoms with Crippen molar-refractivity contribution in [1.82, 2.24) is 0 Å². The molecular formula is C31H22BrClO3S2. The molecule has 6 rings (SSSR count). The number of benzene rings is 4.